The second-order valence-electron chi connectivity index (χ2n) is 19.5. The second kappa shape index (κ2) is 40.8. The average molecular weight is 1400 g/mol. The summed E-state index contributed by atoms with van der Waals surface area (Å²) in [7, 11) is 3.61. The maximum absolute atomic E-state index is 14.5. The van der Waals surface area contributed by atoms with Crippen molar-refractivity contribution in [2.75, 3.05) is 25.6 Å². The molecular formula is C52H88N10O6S14. The zero-order valence-corrected chi connectivity index (χ0v) is 60.0. The van der Waals surface area contributed by atoms with Crippen LogP contribution >= 0.6 is 183 Å². The van der Waals surface area contributed by atoms with Crippen LogP contribution in [0.25, 0.3) is 0 Å². The summed E-state index contributed by atoms with van der Waals surface area (Å²) >= 11 is 14.5. The summed E-state index contributed by atoms with van der Waals surface area (Å²) in [6.45, 7) is 8.14. The van der Waals surface area contributed by atoms with Crippen molar-refractivity contribution < 1.29 is 28.8 Å². The molecule has 3 aromatic rings. The number of thiocarbonyl (C=S) groups is 2. The van der Waals surface area contributed by atoms with Gasteiger partial charge in [0.2, 0.25) is 35.4 Å². The minimum absolute atomic E-state index is 0. The van der Waals surface area contributed by atoms with Gasteiger partial charge >= 0.3 is 0 Å². The molecule has 4 heterocycles. The predicted molar refractivity (Wildman–Crippen MR) is 395 cm³/mol. The monoisotopic (exact) mass is 1400 g/mol. The lowest BCUT2D eigenvalue weighted by atomic mass is 9.83. The lowest BCUT2D eigenvalue weighted by Crippen LogP contribution is -2.58. The van der Waals surface area contributed by atoms with Crippen LogP contribution in [0.15, 0.2) is 84.9 Å². The number of rotatable bonds is 18. The SMILES string of the molecule is CN[C@@H](C)C(=S)N[C@H]1CCS[C@H]2CC[C@@H](C(=O)N[C@@H](C(=O)NCc3ccc(CNC(=O)[C@@H](NC(=O)[C@H]4N5C(=O)[C@H](NC(=S)[C@H](C)NC)CCS[C@H]5CC4(C)C)c4ccccc4)cc3)c3ccccc3)N2C1=O.S.S.S.S.S.S.S.S.S.S. The number of amides is 6. The Balaban J connectivity index is -0.00000304. The van der Waals surface area contributed by atoms with Crippen LogP contribution in [0.5, 0.6) is 0 Å². The summed E-state index contributed by atoms with van der Waals surface area (Å²) in [4.78, 5) is 89.5. The summed E-state index contributed by atoms with van der Waals surface area (Å²) in [5.74, 6) is -0.515. The Labute approximate surface area is 574 Å². The van der Waals surface area contributed by atoms with Gasteiger partial charge in [-0.25, -0.2) is 0 Å². The molecule has 7 rings (SSSR count). The highest BCUT2D eigenvalue weighted by Crippen LogP contribution is 2.46. The Morgan fingerprint density at radius 3 is 1.37 bits per heavy atom. The molecule has 466 valence electrons. The molecule has 4 aliphatic heterocycles. The molecule has 3 aromatic carbocycles. The van der Waals surface area contributed by atoms with Gasteiger partial charge in [-0.2, -0.15) is 135 Å². The van der Waals surface area contributed by atoms with E-state index in [4.69, 9.17) is 24.4 Å². The molecule has 0 radical (unpaired) electrons. The molecule has 0 aromatic heterocycles. The molecule has 10 atom stereocenters. The van der Waals surface area contributed by atoms with Crippen molar-refractivity contribution >= 4 is 228 Å². The first kappa shape index (κ1) is 86.8. The fraction of sp³-hybridized carbons (Fsp3) is 0.500. The van der Waals surface area contributed by atoms with E-state index in [2.05, 4.69) is 42.5 Å². The van der Waals surface area contributed by atoms with Crippen LogP contribution < -0.4 is 42.5 Å². The highest BCUT2D eigenvalue weighted by molar-refractivity contribution is 8.00. The fourth-order valence-corrected chi connectivity index (χ4v) is 13.1. The van der Waals surface area contributed by atoms with Crippen LogP contribution in [0, 0.1) is 5.41 Å². The minimum atomic E-state index is -1.04. The number of likely N-dealkylation sites (N-methyl/N-ethyl adjacent to an activating group) is 2. The number of hydrogen-bond donors (Lipinski definition) is 8. The van der Waals surface area contributed by atoms with E-state index < -0.39 is 65.3 Å². The number of carbonyl (C=O) groups excluding carboxylic acids is 6. The molecule has 0 unspecified atom stereocenters. The van der Waals surface area contributed by atoms with Gasteiger partial charge in [-0.05, 0) is 99.2 Å². The van der Waals surface area contributed by atoms with E-state index >= 15 is 0 Å². The first-order valence-electron chi connectivity index (χ1n) is 24.7. The molecule has 0 spiro atoms. The quantitative estimate of drug-likeness (QED) is 0.0783. The molecule has 0 aliphatic carbocycles. The summed E-state index contributed by atoms with van der Waals surface area (Å²) in [5.41, 5.74) is 2.19. The predicted octanol–water partition coefficient (Wildman–Crippen LogP) is 5.09. The van der Waals surface area contributed by atoms with E-state index in [1.807, 2.05) is 76.2 Å². The van der Waals surface area contributed by atoms with E-state index in [0.717, 1.165) is 22.6 Å². The van der Waals surface area contributed by atoms with Crippen LogP contribution in [0.1, 0.15) is 94.1 Å². The summed E-state index contributed by atoms with van der Waals surface area (Å²) < 4.78 is 0. The number of nitrogens with zero attached hydrogens (tertiary/aromatic N) is 2. The van der Waals surface area contributed by atoms with Crippen LogP contribution in [0.4, 0.5) is 0 Å². The van der Waals surface area contributed by atoms with Crippen molar-refractivity contribution in [3.8, 4) is 0 Å². The Hall–Kier alpha value is -1.62. The van der Waals surface area contributed by atoms with Gasteiger partial charge in [0.15, 0.2) is 0 Å². The second-order valence-corrected chi connectivity index (χ2v) is 23.0. The molecule has 16 nitrogen and oxygen atoms in total. The number of carbonyl (C=O) groups is 6. The molecule has 8 N–H and O–H groups in total. The highest BCUT2D eigenvalue weighted by Gasteiger charge is 2.55. The van der Waals surface area contributed by atoms with Crippen LogP contribution in [-0.2, 0) is 41.9 Å². The van der Waals surface area contributed by atoms with Crippen molar-refractivity contribution in [2.24, 2.45) is 5.41 Å². The van der Waals surface area contributed by atoms with E-state index in [9.17, 15) is 28.8 Å². The molecular weight excluding hydrogens is 1310 g/mol. The van der Waals surface area contributed by atoms with Gasteiger partial charge in [-0.1, -0.05) is 123 Å². The van der Waals surface area contributed by atoms with Crippen LogP contribution in [0.2, 0.25) is 0 Å². The number of thioether (sulfide) groups is 2. The van der Waals surface area contributed by atoms with Crippen molar-refractivity contribution in [1.82, 2.24) is 52.3 Å². The minimum Gasteiger partial charge on any atom is -0.367 e. The Morgan fingerprint density at radius 2 is 0.951 bits per heavy atom. The third kappa shape index (κ3) is 21.9. The summed E-state index contributed by atoms with van der Waals surface area (Å²) in [6.07, 6.45) is 2.90. The topological polar surface area (TPSA) is 205 Å². The molecule has 4 aliphatic rings. The number of benzene rings is 3. The zero-order chi connectivity index (χ0) is 51.7. The Kier molecular flexibility index (Phi) is 43.2. The average Bonchev–Trinajstić information content (AvgIpc) is 3.84. The largest absolute Gasteiger partial charge is 0.367 e. The zero-order valence-electron chi connectivity index (χ0n) is 46.7. The molecule has 82 heavy (non-hydrogen) atoms. The van der Waals surface area contributed by atoms with E-state index in [-0.39, 0.29) is 183 Å². The molecule has 30 heteroatoms. The maximum Gasteiger partial charge on any atom is 0.247 e. The number of fused-ring (bicyclic) bond motifs is 2. The lowest BCUT2D eigenvalue weighted by Gasteiger charge is -2.35. The number of hydrogen-bond acceptors (Lipinski definition) is 12. The van der Waals surface area contributed by atoms with Gasteiger partial charge in [-0.3, -0.25) is 28.8 Å². The third-order valence-electron chi connectivity index (χ3n) is 14.1. The maximum atomic E-state index is 14.5. The third-order valence-corrected chi connectivity index (χ3v) is 17.6. The van der Waals surface area contributed by atoms with Gasteiger partial charge in [0.1, 0.15) is 36.3 Å². The lowest BCUT2D eigenvalue weighted by molar-refractivity contribution is -0.143. The summed E-state index contributed by atoms with van der Waals surface area (Å²) in [5, 5.41) is 24.4. The molecule has 0 bridgehead atoms. The molecule has 4 fully saturated rings. The van der Waals surface area contributed by atoms with Gasteiger partial charge in [0.05, 0.1) is 32.8 Å². The van der Waals surface area contributed by atoms with Gasteiger partial charge in [-0.15, -0.1) is 23.5 Å². The number of nitrogens with one attached hydrogen (secondary N) is 8. The van der Waals surface area contributed by atoms with Crippen LogP contribution in [0.3, 0.4) is 0 Å². The van der Waals surface area contributed by atoms with Crippen LogP contribution in [-0.4, -0.2) is 128 Å². The highest BCUT2D eigenvalue weighted by atomic mass is 32.2. The van der Waals surface area contributed by atoms with Gasteiger partial charge < -0.3 is 52.3 Å². The van der Waals surface area contributed by atoms with Crippen molar-refractivity contribution in [3.05, 3.63) is 107 Å². The first-order chi connectivity index (χ1) is 34.5. The fourth-order valence-electron chi connectivity index (χ4n) is 9.67. The first-order valence-corrected chi connectivity index (χ1v) is 27.6. The Morgan fingerprint density at radius 1 is 0.561 bits per heavy atom. The van der Waals surface area contributed by atoms with Gasteiger partial charge in [0, 0.05) is 13.1 Å². The normalized spacial score (nSPS) is 21.2. The molecule has 4 saturated heterocycles. The van der Waals surface area contributed by atoms with E-state index in [1.54, 1.807) is 83.8 Å². The van der Waals surface area contributed by atoms with Gasteiger partial charge in [0.25, 0.3) is 0 Å². The molecule has 0 saturated carbocycles. The smallest absolute Gasteiger partial charge is 0.247 e. The van der Waals surface area contributed by atoms with E-state index in [1.165, 1.54) is 0 Å². The summed E-state index contributed by atoms with van der Waals surface area (Å²) in [6, 6.07) is 20.4. The van der Waals surface area contributed by atoms with Crippen molar-refractivity contribution in [3.63, 3.8) is 0 Å². The standard InChI is InChI=1S/C52H68N10O6S4.10H2S/c1-30(53-5)48(69)57-36-23-25-71-39-22-21-38(61(39)50(36)67)44(63)59-41(34-13-9-7-10-14-34)45(64)55-28-32-17-19-33(20-18-32)29-56-46(65)42(35-15-11-8-12-16-35)60-47(66)43-52(3,4)27-40-62(43)51(68)37(24-26-72-40)58-49(70)31(2)54-6;;;;;;;;;;/h7-20,30-31,36-43,53-54H,21-29H2,1-6H3,(H,55,64)(H,56,65)(H,57,69)(H,58,70)(H,59,63)(H,60,66);10*1H2/t30-,31-,36-,37+,38-,39-,40-,41+,42-,43+;;;;;;;;;;/m0........../s1. The van der Waals surface area contributed by atoms with Crippen molar-refractivity contribution in [2.45, 2.75) is 132 Å². The molecule has 6 amide bonds. The van der Waals surface area contributed by atoms with E-state index in [0.29, 0.717) is 53.2 Å². The Bertz CT molecular complexity index is 2480. The van der Waals surface area contributed by atoms with Crippen molar-refractivity contribution in [1.29, 1.82) is 0 Å².